The van der Waals surface area contributed by atoms with Crippen molar-refractivity contribution in [3.05, 3.63) is 18.3 Å². The van der Waals surface area contributed by atoms with Crippen molar-refractivity contribution >= 4 is 5.82 Å². The standard InChI is InChI=1S/C11H17FN4/c1-8-5-16(6-9(2)15(8)3)11-4-10(12)13-7-14-11/h4,7-9H,5-6H2,1-3H3. The van der Waals surface area contributed by atoms with Crippen LogP contribution in [0.15, 0.2) is 12.4 Å². The number of piperazine rings is 1. The summed E-state index contributed by atoms with van der Waals surface area (Å²) in [5.74, 6) is 0.212. The molecule has 0 aliphatic carbocycles. The molecule has 1 aliphatic heterocycles. The summed E-state index contributed by atoms with van der Waals surface area (Å²) in [7, 11) is 2.12. The van der Waals surface area contributed by atoms with Gasteiger partial charge in [-0.15, -0.1) is 0 Å². The fraction of sp³-hybridized carbons (Fsp3) is 0.636. The second kappa shape index (κ2) is 4.33. The van der Waals surface area contributed by atoms with Gasteiger partial charge in [-0.25, -0.2) is 9.97 Å². The van der Waals surface area contributed by atoms with E-state index in [4.69, 9.17) is 0 Å². The van der Waals surface area contributed by atoms with E-state index in [1.165, 1.54) is 12.4 Å². The molecule has 0 saturated carbocycles. The topological polar surface area (TPSA) is 32.3 Å². The van der Waals surface area contributed by atoms with Crippen molar-refractivity contribution in [2.75, 3.05) is 25.0 Å². The Morgan fingerprint density at radius 1 is 1.25 bits per heavy atom. The van der Waals surface area contributed by atoms with Crippen molar-refractivity contribution in [1.29, 1.82) is 0 Å². The normalized spacial score (nSPS) is 27.1. The monoisotopic (exact) mass is 224 g/mol. The molecule has 88 valence electrons. The largest absolute Gasteiger partial charge is 0.353 e. The molecule has 1 fully saturated rings. The highest BCUT2D eigenvalue weighted by Gasteiger charge is 2.27. The second-order valence-electron chi connectivity index (χ2n) is 4.47. The summed E-state index contributed by atoms with van der Waals surface area (Å²) < 4.78 is 13.0. The molecule has 0 radical (unpaired) electrons. The first kappa shape index (κ1) is 11.3. The fourth-order valence-corrected chi connectivity index (χ4v) is 2.09. The molecule has 4 nitrogen and oxygen atoms in total. The van der Waals surface area contributed by atoms with Crippen LogP contribution in [0.4, 0.5) is 10.2 Å². The maximum absolute atomic E-state index is 13.0. The zero-order valence-electron chi connectivity index (χ0n) is 9.89. The highest BCUT2D eigenvalue weighted by molar-refractivity contribution is 5.38. The summed E-state index contributed by atoms with van der Waals surface area (Å²) in [4.78, 5) is 12.0. The molecule has 0 amide bonds. The third-order valence-electron chi connectivity index (χ3n) is 3.30. The van der Waals surface area contributed by atoms with Crippen LogP contribution in [0.25, 0.3) is 0 Å². The molecule has 16 heavy (non-hydrogen) atoms. The van der Waals surface area contributed by atoms with E-state index in [1.54, 1.807) is 0 Å². The summed E-state index contributed by atoms with van der Waals surface area (Å²) in [5.41, 5.74) is 0. The van der Waals surface area contributed by atoms with Crippen LogP contribution in [0.1, 0.15) is 13.8 Å². The zero-order valence-corrected chi connectivity index (χ0v) is 9.89. The van der Waals surface area contributed by atoms with Gasteiger partial charge in [-0.3, -0.25) is 4.90 Å². The zero-order chi connectivity index (χ0) is 11.7. The summed E-state index contributed by atoms with van der Waals surface area (Å²) in [6.07, 6.45) is 1.28. The average Bonchev–Trinajstić information content (AvgIpc) is 2.25. The third kappa shape index (κ3) is 2.14. The number of likely N-dealkylation sites (N-methyl/N-ethyl adjacent to an activating group) is 1. The van der Waals surface area contributed by atoms with Crippen LogP contribution in [0.2, 0.25) is 0 Å². The summed E-state index contributed by atoms with van der Waals surface area (Å²) in [5, 5.41) is 0. The Morgan fingerprint density at radius 2 is 1.88 bits per heavy atom. The smallest absolute Gasteiger partial charge is 0.218 e. The molecule has 2 heterocycles. The number of rotatable bonds is 1. The first-order valence-electron chi connectivity index (χ1n) is 5.52. The molecule has 2 rings (SSSR count). The molecule has 1 aromatic rings. The molecule has 1 aromatic heterocycles. The van der Waals surface area contributed by atoms with E-state index >= 15 is 0 Å². The molecular weight excluding hydrogens is 207 g/mol. The van der Waals surface area contributed by atoms with Gasteiger partial charge in [0.15, 0.2) is 0 Å². The number of nitrogens with zero attached hydrogens (tertiary/aromatic N) is 4. The Bertz CT molecular complexity index is 359. The lowest BCUT2D eigenvalue weighted by Gasteiger charge is -2.42. The maximum atomic E-state index is 13.0. The lowest BCUT2D eigenvalue weighted by Crippen LogP contribution is -2.55. The Kier molecular flexibility index (Phi) is 3.05. The van der Waals surface area contributed by atoms with Crippen molar-refractivity contribution in [3.63, 3.8) is 0 Å². The molecule has 0 bridgehead atoms. The summed E-state index contributed by atoms with van der Waals surface area (Å²) >= 11 is 0. The first-order valence-corrected chi connectivity index (χ1v) is 5.52. The number of halogens is 1. The number of anilines is 1. The first-order chi connectivity index (χ1) is 7.58. The molecular formula is C11H17FN4. The van der Waals surface area contributed by atoms with Gasteiger partial charge in [0.25, 0.3) is 0 Å². The number of hydrogen-bond donors (Lipinski definition) is 0. The van der Waals surface area contributed by atoms with E-state index in [0.29, 0.717) is 17.9 Å². The van der Waals surface area contributed by atoms with Crippen LogP contribution >= 0.6 is 0 Å². The third-order valence-corrected chi connectivity index (χ3v) is 3.30. The lowest BCUT2D eigenvalue weighted by atomic mass is 10.1. The number of aromatic nitrogens is 2. The fourth-order valence-electron chi connectivity index (χ4n) is 2.09. The van der Waals surface area contributed by atoms with E-state index in [9.17, 15) is 4.39 Å². The van der Waals surface area contributed by atoms with Gasteiger partial charge in [0.1, 0.15) is 12.1 Å². The molecule has 0 N–H and O–H groups in total. The van der Waals surface area contributed by atoms with Gasteiger partial charge in [0.2, 0.25) is 5.95 Å². The van der Waals surface area contributed by atoms with Crippen LogP contribution in [0, 0.1) is 5.95 Å². The van der Waals surface area contributed by atoms with Crippen LogP contribution < -0.4 is 4.90 Å². The minimum Gasteiger partial charge on any atom is -0.353 e. The van der Waals surface area contributed by atoms with E-state index in [-0.39, 0.29) is 0 Å². The molecule has 1 saturated heterocycles. The van der Waals surface area contributed by atoms with Crippen LogP contribution in [0.5, 0.6) is 0 Å². The van der Waals surface area contributed by atoms with Crippen LogP contribution in [0.3, 0.4) is 0 Å². The summed E-state index contributed by atoms with van der Waals surface area (Å²) in [6.45, 7) is 6.08. The Balaban J connectivity index is 2.17. The minimum absolute atomic E-state index is 0.446. The highest BCUT2D eigenvalue weighted by atomic mass is 19.1. The van der Waals surface area contributed by atoms with Gasteiger partial charge >= 0.3 is 0 Å². The van der Waals surface area contributed by atoms with Crippen molar-refractivity contribution in [2.45, 2.75) is 25.9 Å². The number of hydrogen-bond acceptors (Lipinski definition) is 4. The van der Waals surface area contributed by atoms with Crippen molar-refractivity contribution in [3.8, 4) is 0 Å². The second-order valence-corrected chi connectivity index (χ2v) is 4.47. The summed E-state index contributed by atoms with van der Waals surface area (Å²) in [6, 6.07) is 2.29. The Morgan fingerprint density at radius 3 is 2.44 bits per heavy atom. The van der Waals surface area contributed by atoms with E-state index in [0.717, 1.165) is 13.1 Å². The van der Waals surface area contributed by atoms with Crippen molar-refractivity contribution in [2.24, 2.45) is 0 Å². The van der Waals surface area contributed by atoms with Gasteiger partial charge < -0.3 is 4.90 Å². The molecule has 1 aliphatic rings. The molecule has 0 aromatic carbocycles. The van der Waals surface area contributed by atoms with Crippen molar-refractivity contribution < 1.29 is 4.39 Å². The average molecular weight is 224 g/mol. The van der Waals surface area contributed by atoms with Gasteiger partial charge in [-0.05, 0) is 20.9 Å². The SMILES string of the molecule is CC1CN(c2cc(F)ncn2)CC(C)N1C. The van der Waals surface area contributed by atoms with Gasteiger partial charge in [0, 0.05) is 31.2 Å². The minimum atomic E-state index is -0.468. The van der Waals surface area contributed by atoms with Gasteiger partial charge in [0.05, 0.1) is 0 Å². The molecule has 5 heteroatoms. The van der Waals surface area contributed by atoms with E-state index < -0.39 is 5.95 Å². The van der Waals surface area contributed by atoms with E-state index in [1.807, 2.05) is 0 Å². The molecule has 0 spiro atoms. The Hall–Kier alpha value is -1.23. The van der Waals surface area contributed by atoms with Gasteiger partial charge in [-0.1, -0.05) is 0 Å². The van der Waals surface area contributed by atoms with Crippen molar-refractivity contribution in [1.82, 2.24) is 14.9 Å². The van der Waals surface area contributed by atoms with Crippen LogP contribution in [-0.4, -0.2) is 47.1 Å². The molecule has 2 unspecified atom stereocenters. The van der Waals surface area contributed by atoms with Crippen LogP contribution in [-0.2, 0) is 0 Å². The molecule has 2 atom stereocenters. The lowest BCUT2D eigenvalue weighted by molar-refractivity contribution is 0.169. The van der Waals surface area contributed by atoms with E-state index in [2.05, 4.69) is 40.7 Å². The predicted molar refractivity (Wildman–Crippen MR) is 60.9 cm³/mol. The Labute approximate surface area is 95.1 Å². The quantitative estimate of drug-likeness (QED) is 0.670. The maximum Gasteiger partial charge on any atom is 0.218 e. The van der Waals surface area contributed by atoms with Gasteiger partial charge in [-0.2, -0.15) is 4.39 Å². The highest BCUT2D eigenvalue weighted by Crippen LogP contribution is 2.19. The predicted octanol–water partition coefficient (Wildman–Crippen LogP) is 1.14.